The third-order valence-corrected chi connectivity index (χ3v) is 3.15. The Balaban J connectivity index is 2.56. The molecule has 3 unspecified atom stereocenters. The number of likely N-dealkylation sites (N-methyl/N-ethyl adjacent to an activating group) is 1. The molecule has 8 heteroatoms. The minimum absolute atomic E-state index is 0.143. The van der Waals surface area contributed by atoms with E-state index < -0.39 is 29.8 Å². The van der Waals surface area contributed by atoms with Gasteiger partial charge in [-0.2, -0.15) is 0 Å². The van der Waals surface area contributed by atoms with E-state index in [2.05, 4.69) is 10.6 Å². The Morgan fingerprint density at radius 3 is 2.55 bits per heavy atom. The molecule has 3 atom stereocenters. The summed E-state index contributed by atoms with van der Waals surface area (Å²) in [4.78, 5) is 33.5. The fourth-order valence-electron chi connectivity index (χ4n) is 2.08. The van der Waals surface area contributed by atoms with Gasteiger partial charge < -0.3 is 25.6 Å². The normalized spacial score (nSPS) is 23.2. The van der Waals surface area contributed by atoms with Crippen LogP contribution in [-0.4, -0.2) is 59.9 Å². The first-order valence-corrected chi connectivity index (χ1v) is 6.51. The van der Waals surface area contributed by atoms with Gasteiger partial charge in [0, 0.05) is 12.5 Å². The number of ether oxygens (including phenoxy) is 1. The summed E-state index contributed by atoms with van der Waals surface area (Å²) in [6.07, 6.45) is -0.453. The lowest BCUT2D eigenvalue weighted by atomic mass is 10.0. The highest BCUT2D eigenvalue weighted by Crippen LogP contribution is 2.14. The molecule has 0 saturated carbocycles. The number of carbonyl (C=O) groups is 3. The van der Waals surface area contributed by atoms with Gasteiger partial charge in [-0.05, 0) is 13.0 Å². The van der Waals surface area contributed by atoms with Gasteiger partial charge in [0.2, 0.25) is 5.91 Å². The van der Waals surface area contributed by atoms with E-state index in [1.54, 1.807) is 0 Å². The number of rotatable bonds is 8. The monoisotopic (exact) mass is 288 g/mol. The van der Waals surface area contributed by atoms with Gasteiger partial charge in [-0.25, -0.2) is 4.79 Å². The molecular weight excluding hydrogens is 268 g/mol. The van der Waals surface area contributed by atoms with Crippen LogP contribution in [0.5, 0.6) is 0 Å². The first-order valence-electron chi connectivity index (χ1n) is 6.51. The van der Waals surface area contributed by atoms with E-state index in [-0.39, 0.29) is 25.5 Å². The van der Waals surface area contributed by atoms with Gasteiger partial charge in [-0.3, -0.25) is 9.59 Å². The summed E-state index contributed by atoms with van der Waals surface area (Å²) in [5.41, 5.74) is 0. The molecule has 0 bridgehead atoms. The lowest BCUT2D eigenvalue weighted by Crippen LogP contribution is -2.49. The minimum atomic E-state index is -1.24. The number of hydrogen-bond acceptors (Lipinski definition) is 5. The van der Waals surface area contributed by atoms with Crippen LogP contribution in [0, 0.1) is 5.92 Å². The molecule has 1 heterocycles. The molecule has 114 valence electrons. The van der Waals surface area contributed by atoms with E-state index in [1.165, 1.54) is 0 Å². The molecule has 0 aromatic heterocycles. The molecule has 1 aliphatic heterocycles. The zero-order valence-corrected chi connectivity index (χ0v) is 11.3. The van der Waals surface area contributed by atoms with Crippen molar-refractivity contribution >= 4 is 17.8 Å². The zero-order chi connectivity index (χ0) is 15.1. The lowest BCUT2D eigenvalue weighted by molar-refractivity contribution is -0.143. The molecule has 1 amide bonds. The predicted molar refractivity (Wildman–Crippen MR) is 68.2 cm³/mol. The van der Waals surface area contributed by atoms with Gasteiger partial charge in [0.15, 0.2) is 0 Å². The number of hydrogen-bond donors (Lipinski definition) is 4. The summed E-state index contributed by atoms with van der Waals surface area (Å²) >= 11 is 0. The van der Waals surface area contributed by atoms with Gasteiger partial charge in [0.1, 0.15) is 6.04 Å². The zero-order valence-electron chi connectivity index (χ0n) is 11.3. The number of carboxylic acids is 2. The smallest absolute Gasteiger partial charge is 0.326 e. The second-order valence-electron chi connectivity index (χ2n) is 4.64. The molecular formula is C12H20N2O6. The molecule has 8 nitrogen and oxygen atoms in total. The molecule has 1 fully saturated rings. The standard InChI is InChI=1S/C12H20N2O6/c1-2-13-9-6-20-5-7(9)11(17)14-8(12(18)19)3-4-10(15)16/h7-9,13H,2-6H2,1H3,(H,14,17)(H,15,16)(H,18,19). The maximum absolute atomic E-state index is 12.0. The van der Waals surface area contributed by atoms with Gasteiger partial charge in [-0.15, -0.1) is 0 Å². The van der Waals surface area contributed by atoms with Gasteiger partial charge in [0.25, 0.3) is 0 Å². The second kappa shape index (κ2) is 7.81. The Kier molecular flexibility index (Phi) is 6.40. The van der Waals surface area contributed by atoms with Crippen LogP contribution >= 0.6 is 0 Å². The lowest BCUT2D eigenvalue weighted by Gasteiger charge is -2.20. The quantitative estimate of drug-likeness (QED) is 0.453. The molecule has 1 aliphatic rings. The van der Waals surface area contributed by atoms with Crippen LogP contribution in [0.2, 0.25) is 0 Å². The van der Waals surface area contributed by atoms with Crippen molar-refractivity contribution in [2.75, 3.05) is 19.8 Å². The fraction of sp³-hybridized carbons (Fsp3) is 0.750. The molecule has 4 N–H and O–H groups in total. The van der Waals surface area contributed by atoms with Gasteiger partial charge in [-0.1, -0.05) is 6.92 Å². The van der Waals surface area contributed by atoms with Crippen molar-refractivity contribution in [3.05, 3.63) is 0 Å². The van der Waals surface area contributed by atoms with Crippen LogP contribution in [-0.2, 0) is 19.1 Å². The number of carboxylic acid groups (broad SMARTS) is 2. The molecule has 0 aromatic carbocycles. The Bertz CT molecular complexity index is 373. The van der Waals surface area contributed by atoms with Crippen molar-refractivity contribution in [3.63, 3.8) is 0 Å². The highest BCUT2D eigenvalue weighted by atomic mass is 16.5. The van der Waals surface area contributed by atoms with Crippen molar-refractivity contribution in [2.45, 2.75) is 31.8 Å². The van der Waals surface area contributed by atoms with Crippen LogP contribution in [0.3, 0.4) is 0 Å². The summed E-state index contributed by atoms with van der Waals surface area (Å²) in [5, 5.41) is 23.0. The van der Waals surface area contributed by atoms with Crippen molar-refractivity contribution in [1.29, 1.82) is 0 Å². The van der Waals surface area contributed by atoms with E-state index in [9.17, 15) is 14.4 Å². The third-order valence-electron chi connectivity index (χ3n) is 3.15. The molecule has 0 aromatic rings. The largest absolute Gasteiger partial charge is 0.481 e. The third kappa shape index (κ3) is 4.78. The van der Waals surface area contributed by atoms with Crippen molar-refractivity contribution in [3.8, 4) is 0 Å². The molecule has 1 rings (SSSR count). The summed E-state index contributed by atoms with van der Waals surface area (Å²) in [5.74, 6) is -3.22. The maximum atomic E-state index is 12.0. The van der Waals surface area contributed by atoms with Crippen molar-refractivity contribution in [1.82, 2.24) is 10.6 Å². The van der Waals surface area contributed by atoms with Crippen molar-refractivity contribution in [2.24, 2.45) is 5.92 Å². The first kappa shape index (κ1) is 16.4. The number of amides is 1. The Labute approximate surface area is 116 Å². The number of nitrogens with one attached hydrogen (secondary N) is 2. The van der Waals surface area contributed by atoms with E-state index in [0.717, 1.165) is 0 Å². The van der Waals surface area contributed by atoms with Crippen LogP contribution in [0.4, 0.5) is 0 Å². The van der Waals surface area contributed by atoms with Crippen LogP contribution in [0.25, 0.3) is 0 Å². The topological polar surface area (TPSA) is 125 Å². The number of carbonyl (C=O) groups excluding carboxylic acids is 1. The SMILES string of the molecule is CCNC1COCC1C(=O)NC(CCC(=O)O)C(=O)O. The van der Waals surface area contributed by atoms with Crippen LogP contribution in [0.1, 0.15) is 19.8 Å². The Morgan fingerprint density at radius 1 is 1.30 bits per heavy atom. The van der Waals surface area contributed by atoms with Gasteiger partial charge >= 0.3 is 11.9 Å². The summed E-state index contributed by atoms with van der Waals surface area (Å²) < 4.78 is 5.22. The Morgan fingerprint density at radius 2 is 2.00 bits per heavy atom. The first-order chi connectivity index (χ1) is 9.45. The second-order valence-corrected chi connectivity index (χ2v) is 4.64. The van der Waals surface area contributed by atoms with E-state index in [1.807, 2.05) is 6.92 Å². The highest BCUT2D eigenvalue weighted by molar-refractivity contribution is 5.86. The summed E-state index contributed by atoms with van der Waals surface area (Å²) in [6, 6.07) is -1.34. The average Bonchev–Trinajstić information content (AvgIpc) is 2.82. The van der Waals surface area contributed by atoms with Crippen molar-refractivity contribution < 1.29 is 29.3 Å². The fourth-order valence-corrected chi connectivity index (χ4v) is 2.08. The molecule has 0 spiro atoms. The van der Waals surface area contributed by atoms with E-state index >= 15 is 0 Å². The summed E-state index contributed by atoms with van der Waals surface area (Å²) in [6.45, 7) is 3.22. The highest BCUT2D eigenvalue weighted by Gasteiger charge is 2.35. The van der Waals surface area contributed by atoms with Crippen LogP contribution in [0.15, 0.2) is 0 Å². The molecule has 0 radical (unpaired) electrons. The van der Waals surface area contributed by atoms with Crippen LogP contribution < -0.4 is 10.6 Å². The molecule has 1 saturated heterocycles. The van der Waals surface area contributed by atoms with E-state index in [0.29, 0.717) is 13.2 Å². The van der Waals surface area contributed by atoms with E-state index in [4.69, 9.17) is 14.9 Å². The van der Waals surface area contributed by atoms with Gasteiger partial charge in [0.05, 0.1) is 19.1 Å². The summed E-state index contributed by atoms with van der Waals surface area (Å²) in [7, 11) is 0. The molecule has 20 heavy (non-hydrogen) atoms. The average molecular weight is 288 g/mol. The Hall–Kier alpha value is -1.67. The molecule has 0 aliphatic carbocycles. The maximum Gasteiger partial charge on any atom is 0.326 e. The number of aliphatic carboxylic acids is 2. The minimum Gasteiger partial charge on any atom is -0.481 e. The predicted octanol–water partition coefficient (Wildman–Crippen LogP) is -0.955.